The molecule has 130 valence electrons. The molecule has 0 unspecified atom stereocenters. The minimum absolute atomic E-state index is 0.0625. The van der Waals surface area contributed by atoms with E-state index in [1.54, 1.807) is 25.3 Å². The molecular formula is C22H20N2O2. The van der Waals surface area contributed by atoms with Gasteiger partial charge in [0.15, 0.2) is 0 Å². The van der Waals surface area contributed by atoms with Gasteiger partial charge < -0.3 is 15.4 Å². The molecule has 0 aromatic heterocycles. The average Bonchev–Trinajstić information content (AvgIpc) is 2.84. The zero-order valence-electron chi connectivity index (χ0n) is 14.6. The predicted molar refractivity (Wildman–Crippen MR) is 104 cm³/mol. The molecular weight excluding hydrogens is 324 g/mol. The van der Waals surface area contributed by atoms with Crippen LogP contribution in [-0.2, 0) is 13.0 Å². The number of fused-ring (bicyclic) bond motifs is 2. The highest BCUT2D eigenvalue weighted by molar-refractivity contribution is 6.07. The number of nitrogens with two attached hydrogens (primary N) is 1. The van der Waals surface area contributed by atoms with Gasteiger partial charge in [0, 0.05) is 11.3 Å². The van der Waals surface area contributed by atoms with E-state index in [1.807, 2.05) is 35.2 Å². The van der Waals surface area contributed by atoms with E-state index < -0.39 is 0 Å². The maximum Gasteiger partial charge on any atom is 0.258 e. The molecule has 1 amide bonds. The van der Waals surface area contributed by atoms with Crippen LogP contribution in [-0.4, -0.2) is 13.0 Å². The lowest BCUT2D eigenvalue weighted by molar-refractivity contribution is 0.0985. The van der Waals surface area contributed by atoms with E-state index in [4.69, 9.17) is 10.5 Å². The Labute approximate surface area is 152 Å². The molecule has 1 heterocycles. The lowest BCUT2D eigenvalue weighted by atomic mass is 10.0. The van der Waals surface area contributed by atoms with E-state index in [-0.39, 0.29) is 5.91 Å². The van der Waals surface area contributed by atoms with Gasteiger partial charge in [-0.3, -0.25) is 4.79 Å². The van der Waals surface area contributed by atoms with Crippen LogP contribution in [0, 0.1) is 0 Å². The maximum atomic E-state index is 13.3. The van der Waals surface area contributed by atoms with Crippen LogP contribution in [0.25, 0.3) is 0 Å². The first-order valence-electron chi connectivity index (χ1n) is 8.57. The van der Waals surface area contributed by atoms with Gasteiger partial charge in [-0.15, -0.1) is 0 Å². The molecule has 0 aliphatic carbocycles. The number of carbonyl (C=O) groups is 1. The molecule has 0 bridgehead atoms. The summed E-state index contributed by atoms with van der Waals surface area (Å²) in [4.78, 5) is 15.2. The van der Waals surface area contributed by atoms with Crippen LogP contribution in [0.15, 0.2) is 66.7 Å². The van der Waals surface area contributed by atoms with Gasteiger partial charge in [0.2, 0.25) is 0 Å². The second kappa shape index (κ2) is 6.56. The molecule has 0 spiro atoms. The first kappa shape index (κ1) is 16.2. The summed E-state index contributed by atoms with van der Waals surface area (Å²) in [7, 11) is 1.55. The second-order valence-electron chi connectivity index (χ2n) is 6.42. The fourth-order valence-corrected chi connectivity index (χ4v) is 3.45. The number of rotatable bonds is 2. The third-order valence-corrected chi connectivity index (χ3v) is 4.84. The topological polar surface area (TPSA) is 55.6 Å². The average molecular weight is 344 g/mol. The van der Waals surface area contributed by atoms with E-state index in [9.17, 15) is 4.79 Å². The molecule has 3 aromatic rings. The van der Waals surface area contributed by atoms with Crippen molar-refractivity contribution in [3.63, 3.8) is 0 Å². The fraction of sp³-hybridized carbons (Fsp3) is 0.136. The molecule has 0 saturated heterocycles. The minimum atomic E-state index is -0.0625. The molecule has 4 rings (SSSR count). The summed E-state index contributed by atoms with van der Waals surface area (Å²) in [5.41, 5.74) is 11.5. The standard InChI is InChI=1S/C22H20N2O2/c1-26-21-13-17(10-11-19(21)23)22(25)24-14-18-8-3-2-6-15(18)12-16-7-4-5-9-20(16)24/h2-11,13H,12,14,23H2,1H3. The van der Waals surface area contributed by atoms with Crippen LogP contribution >= 0.6 is 0 Å². The van der Waals surface area contributed by atoms with Gasteiger partial charge in [-0.05, 0) is 47.4 Å². The van der Waals surface area contributed by atoms with Crippen molar-refractivity contribution in [2.75, 3.05) is 17.7 Å². The number of para-hydroxylation sites is 1. The molecule has 0 fully saturated rings. The van der Waals surface area contributed by atoms with Gasteiger partial charge in [0.25, 0.3) is 5.91 Å². The van der Waals surface area contributed by atoms with Gasteiger partial charge in [0.05, 0.1) is 19.3 Å². The number of anilines is 2. The number of benzene rings is 3. The minimum Gasteiger partial charge on any atom is -0.495 e. The van der Waals surface area contributed by atoms with E-state index in [0.717, 1.165) is 17.7 Å². The van der Waals surface area contributed by atoms with Gasteiger partial charge in [-0.25, -0.2) is 0 Å². The normalized spacial score (nSPS) is 12.7. The highest BCUT2D eigenvalue weighted by atomic mass is 16.5. The van der Waals surface area contributed by atoms with E-state index in [0.29, 0.717) is 23.5 Å². The predicted octanol–water partition coefficient (Wildman–Crippen LogP) is 4.03. The van der Waals surface area contributed by atoms with Crippen LogP contribution in [0.2, 0.25) is 0 Å². The first-order valence-corrected chi connectivity index (χ1v) is 8.57. The molecule has 26 heavy (non-hydrogen) atoms. The monoisotopic (exact) mass is 344 g/mol. The van der Waals surface area contributed by atoms with Crippen LogP contribution in [0.1, 0.15) is 27.0 Å². The van der Waals surface area contributed by atoms with Crippen molar-refractivity contribution in [2.45, 2.75) is 13.0 Å². The number of ether oxygens (including phenoxy) is 1. The first-order chi connectivity index (χ1) is 12.7. The third kappa shape index (κ3) is 2.80. The highest BCUT2D eigenvalue weighted by Crippen LogP contribution is 2.32. The van der Waals surface area contributed by atoms with Crippen molar-refractivity contribution in [1.82, 2.24) is 0 Å². The van der Waals surface area contributed by atoms with Crippen LogP contribution in [0.5, 0.6) is 5.75 Å². The summed E-state index contributed by atoms with van der Waals surface area (Å²) < 4.78 is 5.28. The van der Waals surface area contributed by atoms with Crippen molar-refractivity contribution in [2.24, 2.45) is 0 Å². The number of carbonyl (C=O) groups excluding carboxylic acids is 1. The Hall–Kier alpha value is -3.27. The Morgan fingerprint density at radius 2 is 1.65 bits per heavy atom. The zero-order chi connectivity index (χ0) is 18.1. The number of methoxy groups -OCH3 is 1. The van der Waals surface area contributed by atoms with E-state index in [2.05, 4.69) is 18.2 Å². The summed E-state index contributed by atoms with van der Waals surface area (Å²) in [6, 6.07) is 21.5. The Morgan fingerprint density at radius 3 is 2.42 bits per heavy atom. The molecule has 4 heteroatoms. The Morgan fingerprint density at radius 1 is 0.962 bits per heavy atom. The summed E-state index contributed by atoms with van der Waals surface area (Å²) in [6.45, 7) is 0.540. The molecule has 0 saturated carbocycles. The number of hydrogen-bond donors (Lipinski definition) is 1. The number of hydrogen-bond acceptors (Lipinski definition) is 3. The molecule has 4 nitrogen and oxygen atoms in total. The Kier molecular flexibility index (Phi) is 4.09. The van der Waals surface area contributed by atoms with Crippen molar-refractivity contribution >= 4 is 17.3 Å². The lowest BCUT2D eigenvalue weighted by Gasteiger charge is -2.24. The maximum absolute atomic E-state index is 13.3. The van der Waals surface area contributed by atoms with Crippen molar-refractivity contribution in [3.05, 3.63) is 89.0 Å². The van der Waals surface area contributed by atoms with Gasteiger partial charge in [-0.1, -0.05) is 42.5 Å². The molecule has 0 radical (unpaired) electrons. The largest absolute Gasteiger partial charge is 0.495 e. The van der Waals surface area contributed by atoms with Gasteiger partial charge in [0.1, 0.15) is 5.75 Å². The fourth-order valence-electron chi connectivity index (χ4n) is 3.45. The summed E-state index contributed by atoms with van der Waals surface area (Å²) in [5, 5.41) is 0. The number of nitrogens with zero attached hydrogens (tertiary/aromatic N) is 1. The lowest BCUT2D eigenvalue weighted by Crippen LogP contribution is -2.30. The smallest absolute Gasteiger partial charge is 0.258 e. The van der Waals surface area contributed by atoms with Crippen molar-refractivity contribution < 1.29 is 9.53 Å². The Balaban J connectivity index is 1.81. The SMILES string of the molecule is COc1cc(C(=O)N2Cc3ccccc3Cc3ccccc32)ccc1N. The zero-order valence-corrected chi connectivity index (χ0v) is 14.6. The summed E-state index contributed by atoms with van der Waals surface area (Å²) >= 11 is 0. The third-order valence-electron chi connectivity index (χ3n) is 4.84. The molecule has 1 aliphatic heterocycles. The van der Waals surface area contributed by atoms with Gasteiger partial charge in [-0.2, -0.15) is 0 Å². The quantitative estimate of drug-likeness (QED) is 0.714. The molecule has 2 N–H and O–H groups in total. The molecule has 0 atom stereocenters. The number of nitrogen functional groups attached to an aromatic ring is 1. The van der Waals surface area contributed by atoms with Crippen LogP contribution in [0.4, 0.5) is 11.4 Å². The van der Waals surface area contributed by atoms with E-state index >= 15 is 0 Å². The molecule has 3 aromatic carbocycles. The summed E-state index contributed by atoms with van der Waals surface area (Å²) in [6.07, 6.45) is 0.821. The Bertz CT molecular complexity index is 981. The van der Waals surface area contributed by atoms with Crippen LogP contribution in [0.3, 0.4) is 0 Å². The number of amides is 1. The van der Waals surface area contributed by atoms with Crippen molar-refractivity contribution in [3.8, 4) is 5.75 Å². The summed E-state index contributed by atoms with van der Waals surface area (Å²) in [5.74, 6) is 0.451. The van der Waals surface area contributed by atoms with Crippen molar-refractivity contribution in [1.29, 1.82) is 0 Å². The molecule has 1 aliphatic rings. The van der Waals surface area contributed by atoms with Gasteiger partial charge >= 0.3 is 0 Å². The van der Waals surface area contributed by atoms with Crippen LogP contribution < -0.4 is 15.4 Å². The van der Waals surface area contributed by atoms with E-state index in [1.165, 1.54) is 11.1 Å². The second-order valence-corrected chi connectivity index (χ2v) is 6.42. The highest BCUT2D eigenvalue weighted by Gasteiger charge is 2.25.